The maximum atomic E-state index is 12.6. The molecule has 0 bridgehead atoms. The highest BCUT2D eigenvalue weighted by molar-refractivity contribution is 5.52. The van der Waals surface area contributed by atoms with Crippen molar-refractivity contribution < 1.29 is 22.6 Å². The van der Waals surface area contributed by atoms with Crippen LogP contribution in [-0.2, 0) is 21.4 Å². The first kappa shape index (κ1) is 15.8. The molecule has 23 heavy (non-hydrogen) atoms. The third-order valence-corrected chi connectivity index (χ3v) is 3.63. The van der Waals surface area contributed by atoms with Gasteiger partial charge in [0.1, 0.15) is 0 Å². The predicted molar refractivity (Wildman–Crippen MR) is 80.5 cm³/mol. The van der Waals surface area contributed by atoms with Gasteiger partial charge in [0.25, 0.3) is 0 Å². The SMILES string of the molecule is FC(F)(F)c1ccc(/C=C/C2(c3ccccc3)OCCO2)cc1. The number of rotatable bonds is 3. The van der Waals surface area contributed by atoms with Crippen LogP contribution in [0.5, 0.6) is 0 Å². The smallest absolute Gasteiger partial charge is 0.340 e. The van der Waals surface area contributed by atoms with Crippen molar-refractivity contribution in [2.24, 2.45) is 0 Å². The number of alkyl halides is 3. The average Bonchev–Trinajstić information content (AvgIpc) is 3.04. The highest BCUT2D eigenvalue weighted by Gasteiger charge is 2.35. The van der Waals surface area contributed by atoms with Crippen molar-refractivity contribution in [2.75, 3.05) is 13.2 Å². The summed E-state index contributed by atoms with van der Waals surface area (Å²) in [6, 6.07) is 14.4. The molecule has 2 nitrogen and oxygen atoms in total. The average molecular weight is 320 g/mol. The lowest BCUT2D eigenvalue weighted by molar-refractivity contribution is -0.137. The monoisotopic (exact) mass is 320 g/mol. The molecule has 0 saturated carbocycles. The van der Waals surface area contributed by atoms with E-state index in [9.17, 15) is 13.2 Å². The Morgan fingerprint density at radius 2 is 1.48 bits per heavy atom. The molecule has 0 aromatic heterocycles. The zero-order chi connectivity index (χ0) is 16.3. The molecular formula is C18H15F3O2. The summed E-state index contributed by atoms with van der Waals surface area (Å²) in [6.07, 6.45) is -0.887. The molecule has 0 amide bonds. The van der Waals surface area contributed by atoms with Crippen LogP contribution in [0.15, 0.2) is 60.7 Å². The summed E-state index contributed by atoms with van der Waals surface area (Å²) in [4.78, 5) is 0. The van der Waals surface area contributed by atoms with Crippen LogP contribution in [0.3, 0.4) is 0 Å². The van der Waals surface area contributed by atoms with Gasteiger partial charge in [0.15, 0.2) is 0 Å². The van der Waals surface area contributed by atoms with Gasteiger partial charge in [-0.15, -0.1) is 0 Å². The molecule has 1 saturated heterocycles. The number of hydrogen-bond acceptors (Lipinski definition) is 2. The van der Waals surface area contributed by atoms with Gasteiger partial charge in [-0.25, -0.2) is 0 Å². The molecule has 0 aliphatic carbocycles. The number of halogens is 3. The van der Waals surface area contributed by atoms with Crippen molar-refractivity contribution in [3.05, 3.63) is 77.4 Å². The van der Waals surface area contributed by atoms with Crippen LogP contribution in [0.4, 0.5) is 13.2 Å². The van der Waals surface area contributed by atoms with Crippen molar-refractivity contribution >= 4 is 6.08 Å². The van der Waals surface area contributed by atoms with Crippen LogP contribution in [0.25, 0.3) is 6.08 Å². The minimum atomic E-state index is -4.33. The Labute approximate surface area is 132 Å². The van der Waals surface area contributed by atoms with Gasteiger partial charge in [-0.2, -0.15) is 13.2 Å². The molecule has 120 valence electrons. The molecule has 0 spiro atoms. The normalized spacial score (nSPS) is 17.7. The third kappa shape index (κ3) is 3.46. The van der Waals surface area contributed by atoms with Crippen LogP contribution < -0.4 is 0 Å². The molecule has 1 aliphatic heterocycles. The minimum absolute atomic E-state index is 0.465. The minimum Gasteiger partial charge on any atom is -0.340 e. The zero-order valence-corrected chi connectivity index (χ0v) is 12.2. The van der Waals surface area contributed by atoms with Gasteiger partial charge in [-0.1, -0.05) is 48.5 Å². The topological polar surface area (TPSA) is 18.5 Å². The van der Waals surface area contributed by atoms with E-state index in [4.69, 9.17) is 9.47 Å². The molecule has 1 fully saturated rings. The van der Waals surface area contributed by atoms with E-state index in [1.165, 1.54) is 12.1 Å². The van der Waals surface area contributed by atoms with Gasteiger partial charge in [-0.05, 0) is 23.8 Å². The Kier molecular flexibility index (Phi) is 4.24. The van der Waals surface area contributed by atoms with E-state index < -0.39 is 17.5 Å². The molecule has 0 N–H and O–H groups in total. The van der Waals surface area contributed by atoms with Gasteiger partial charge in [-0.3, -0.25) is 0 Å². The van der Waals surface area contributed by atoms with Crippen molar-refractivity contribution in [1.29, 1.82) is 0 Å². The Hall–Kier alpha value is -2.11. The second kappa shape index (κ2) is 6.18. The van der Waals surface area contributed by atoms with Crippen molar-refractivity contribution in [3.8, 4) is 0 Å². The second-order valence-electron chi connectivity index (χ2n) is 5.18. The van der Waals surface area contributed by atoms with Gasteiger partial charge in [0.2, 0.25) is 5.79 Å². The second-order valence-corrected chi connectivity index (χ2v) is 5.18. The van der Waals surface area contributed by atoms with Crippen LogP contribution in [0.2, 0.25) is 0 Å². The molecular weight excluding hydrogens is 305 g/mol. The van der Waals surface area contributed by atoms with E-state index in [1.807, 2.05) is 30.3 Å². The Bertz CT molecular complexity index is 670. The summed E-state index contributed by atoms with van der Waals surface area (Å²) in [5, 5.41) is 0. The molecule has 5 heteroatoms. The van der Waals surface area contributed by atoms with E-state index in [-0.39, 0.29) is 0 Å². The number of ether oxygens (including phenoxy) is 2. The Balaban J connectivity index is 1.85. The van der Waals surface area contributed by atoms with E-state index >= 15 is 0 Å². The summed E-state index contributed by atoms with van der Waals surface area (Å²) in [6.45, 7) is 0.929. The standard InChI is InChI=1S/C18H15F3O2/c19-18(20,21)16-8-6-14(7-9-16)10-11-17(22-12-13-23-17)15-4-2-1-3-5-15/h1-11H,12-13H2/b11-10+. The number of hydrogen-bond donors (Lipinski definition) is 0. The summed E-state index contributed by atoms with van der Waals surface area (Å²) in [7, 11) is 0. The largest absolute Gasteiger partial charge is 0.416 e. The molecule has 1 heterocycles. The van der Waals surface area contributed by atoms with Crippen molar-refractivity contribution in [1.82, 2.24) is 0 Å². The first-order valence-corrected chi connectivity index (χ1v) is 7.20. The Morgan fingerprint density at radius 3 is 2.04 bits per heavy atom. The fourth-order valence-electron chi connectivity index (χ4n) is 2.45. The Morgan fingerprint density at radius 1 is 0.870 bits per heavy atom. The molecule has 2 aromatic carbocycles. The summed E-state index contributed by atoms with van der Waals surface area (Å²) < 4.78 is 49.2. The van der Waals surface area contributed by atoms with E-state index in [0.29, 0.717) is 18.8 Å². The van der Waals surface area contributed by atoms with Crippen LogP contribution in [0, 0.1) is 0 Å². The highest BCUT2D eigenvalue weighted by Crippen LogP contribution is 2.34. The van der Waals surface area contributed by atoms with Crippen LogP contribution in [0.1, 0.15) is 16.7 Å². The van der Waals surface area contributed by atoms with Gasteiger partial charge >= 0.3 is 6.18 Å². The van der Waals surface area contributed by atoms with E-state index in [0.717, 1.165) is 17.7 Å². The zero-order valence-electron chi connectivity index (χ0n) is 12.2. The summed E-state index contributed by atoms with van der Waals surface area (Å²) in [5.74, 6) is -0.982. The summed E-state index contributed by atoms with van der Waals surface area (Å²) in [5.41, 5.74) is 0.828. The highest BCUT2D eigenvalue weighted by atomic mass is 19.4. The van der Waals surface area contributed by atoms with Gasteiger partial charge in [0, 0.05) is 5.56 Å². The third-order valence-electron chi connectivity index (χ3n) is 3.63. The van der Waals surface area contributed by atoms with Crippen LogP contribution in [-0.4, -0.2) is 13.2 Å². The van der Waals surface area contributed by atoms with Gasteiger partial charge < -0.3 is 9.47 Å². The maximum absolute atomic E-state index is 12.6. The first-order chi connectivity index (χ1) is 11.0. The molecule has 0 unspecified atom stereocenters. The lowest BCUT2D eigenvalue weighted by Crippen LogP contribution is -2.24. The molecule has 1 aliphatic rings. The molecule has 0 atom stereocenters. The van der Waals surface area contributed by atoms with Crippen LogP contribution >= 0.6 is 0 Å². The molecule has 0 radical (unpaired) electrons. The first-order valence-electron chi connectivity index (χ1n) is 7.20. The fourth-order valence-corrected chi connectivity index (χ4v) is 2.45. The maximum Gasteiger partial charge on any atom is 0.416 e. The predicted octanol–water partition coefficient (Wildman–Crippen LogP) is 4.62. The summed E-state index contributed by atoms with van der Waals surface area (Å²) >= 11 is 0. The van der Waals surface area contributed by atoms with Crippen molar-refractivity contribution in [2.45, 2.75) is 12.0 Å². The van der Waals surface area contributed by atoms with E-state index in [1.54, 1.807) is 12.2 Å². The van der Waals surface area contributed by atoms with Gasteiger partial charge in [0.05, 0.1) is 18.8 Å². The molecule has 3 rings (SSSR count). The lowest BCUT2D eigenvalue weighted by atomic mass is 10.0. The lowest BCUT2D eigenvalue weighted by Gasteiger charge is -2.24. The fraction of sp³-hybridized carbons (Fsp3) is 0.222. The molecule has 2 aromatic rings. The quantitative estimate of drug-likeness (QED) is 0.821. The van der Waals surface area contributed by atoms with Crippen molar-refractivity contribution in [3.63, 3.8) is 0 Å². The number of benzene rings is 2. The van der Waals surface area contributed by atoms with E-state index in [2.05, 4.69) is 0 Å².